The van der Waals surface area contributed by atoms with E-state index in [1.54, 1.807) is 0 Å². The summed E-state index contributed by atoms with van der Waals surface area (Å²) >= 11 is 0. The SMILES string of the molecule is CCCCCCCC/C=C\CCCCCCCCCC(=O)OC[C@H](COP(=O)(O)OCCN)OC(=O)CCC/C=C\C/C=C\C/C=C\CC1OC1CCCCC. The third kappa shape index (κ3) is 34.0. The Bertz CT molecular complexity index is 1120. The van der Waals surface area contributed by atoms with Crippen molar-refractivity contribution in [2.45, 2.75) is 199 Å². The van der Waals surface area contributed by atoms with Crippen molar-refractivity contribution in [3.63, 3.8) is 0 Å². The Labute approximate surface area is 341 Å². The lowest BCUT2D eigenvalue weighted by Crippen LogP contribution is -2.29. The molecule has 1 aliphatic rings. The van der Waals surface area contributed by atoms with Gasteiger partial charge < -0.3 is 24.8 Å². The second-order valence-electron chi connectivity index (χ2n) is 14.9. The zero-order valence-corrected chi connectivity index (χ0v) is 36.2. The highest BCUT2D eigenvalue weighted by atomic mass is 31.2. The smallest absolute Gasteiger partial charge is 0.462 e. The van der Waals surface area contributed by atoms with Gasteiger partial charge in [0.25, 0.3) is 0 Å². The van der Waals surface area contributed by atoms with E-state index < -0.39 is 32.5 Å². The molecule has 1 saturated heterocycles. The average molecular weight is 810 g/mol. The Morgan fingerprint density at radius 2 is 1.18 bits per heavy atom. The van der Waals surface area contributed by atoms with Crippen LogP contribution in [0.15, 0.2) is 48.6 Å². The van der Waals surface area contributed by atoms with Gasteiger partial charge in [-0.15, -0.1) is 0 Å². The number of phosphoric ester groups is 1. The third-order valence-electron chi connectivity index (χ3n) is 9.61. The van der Waals surface area contributed by atoms with Gasteiger partial charge in [-0.25, -0.2) is 4.57 Å². The van der Waals surface area contributed by atoms with Crippen molar-refractivity contribution >= 4 is 19.8 Å². The highest BCUT2D eigenvalue weighted by Gasteiger charge is 2.36. The molecule has 0 amide bonds. The molecule has 0 aliphatic carbocycles. The lowest BCUT2D eigenvalue weighted by Gasteiger charge is -2.19. The molecule has 1 heterocycles. The maximum absolute atomic E-state index is 12.6. The normalized spacial score (nSPS) is 17.4. The molecule has 3 N–H and O–H groups in total. The first-order valence-corrected chi connectivity index (χ1v) is 23.7. The van der Waals surface area contributed by atoms with Crippen LogP contribution in [-0.2, 0) is 37.4 Å². The minimum absolute atomic E-state index is 0.0409. The number of phosphoric acid groups is 1. The molecule has 1 fully saturated rings. The van der Waals surface area contributed by atoms with Gasteiger partial charge in [-0.3, -0.25) is 18.6 Å². The molecule has 324 valence electrons. The number of rotatable bonds is 40. The van der Waals surface area contributed by atoms with Gasteiger partial charge in [0.2, 0.25) is 0 Å². The number of ether oxygens (including phenoxy) is 3. The summed E-state index contributed by atoms with van der Waals surface area (Å²) in [7, 11) is -4.40. The van der Waals surface area contributed by atoms with Crippen molar-refractivity contribution in [2.75, 3.05) is 26.4 Å². The fraction of sp³-hybridized carbons (Fsp3) is 0.778. The maximum Gasteiger partial charge on any atom is 0.472 e. The number of carbonyl (C=O) groups excluding carboxylic acids is 2. The van der Waals surface area contributed by atoms with Crippen molar-refractivity contribution in [1.82, 2.24) is 0 Å². The largest absolute Gasteiger partial charge is 0.472 e. The van der Waals surface area contributed by atoms with Gasteiger partial charge >= 0.3 is 19.8 Å². The third-order valence-corrected chi connectivity index (χ3v) is 10.6. The molecule has 0 aromatic carbocycles. The van der Waals surface area contributed by atoms with E-state index in [1.807, 2.05) is 6.08 Å². The van der Waals surface area contributed by atoms with Crippen LogP contribution in [0.5, 0.6) is 0 Å². The first-order valence-electron chi connectivity index (χ1n) is 22.2. The molecule has 0 spiro atoms. The Balaban J connectivity index is 2.21. The minimum atomic E-state index is -4.40. The molecule has 0 aromatic heterocycles. The fourth-order valence-electron chi connectivity index (χ4n) is 6.19. The van der Waals surface area contributed by atoms with Gasteiger partial charge in [-0.05, 0) is 70.6 Å². The van der Waals surface area contributed by atoms with Crippen molar-refractivity contribution in [3.8, 4) is 0 Å². The summed E-state index contributed by atoms with van der Waals surface area (Å²) in [4.78, 5) is 34.9. The molecule has 0 bridgehead atoms. The van der Waals surface area contributed by atoms with Crippen LogP contribution < -0.4 is 5.73 Å². The summed E-state index contributed by atoms with van der Waals surface area (Å²) in [5.74, 6) is -0.904. The molecule has 3 unspecified atom stereocenters. The average Bonchev–Trinajstić information content (AvgIpc) is 3.94. The Hall–Kier alpha value is -2.07. The van der Waals surface area contributed by atoms with Crippen LogP contribution in [-0.4, -0.2) is 61.5 Å². The summed E-state index contributed by atoms with van der Waals surface area (Å²) in [6.45, 7) is 3.62. The van der Waals surface area contributed by atoms with Gasteiger partial charge in [-0.1, -0.05) is 146 Å². The van der Waals surface area contributed by atoms with Crippen molar-refractivity contribution in [1.29, 1.82) is 0 Å². The van der Waals surface area contributed by atoms with Gasteiger partial charge in [0.15, 0.2) is 6.10 Å². The zero-order chi connectivity index (χ0) is 40.8. The van der Waals surface area contributed by atoms with E-state index >= 15 is 0 Å². The minimum Gasteiger partial charge on any atom is -0.462 e. The Kier molecular flexibility index (Phi) is 34.5. The highest BCUT2D eigenvalue weighted by molar-refractivity contribution is 7.47. The number of unbranched alkanes of at least 4 members (excludes halogenated alkanes) is 16. The van der Waals surface area contributed by atoms with Gasteiger partial charge in [0, 0.05) is 19.4 Å². The summed E-state index contributed by atoms with van der Waals surface area (Å²) in [5.41, 5.74) is 5.34. The standard InChI is InChI=1S/C45H80NO9P/c1-3-5-7-8-9-10-11-12-13-14-15-16-17-21-24-27-31-35-44(47)51-39-41(40-53-56(49,50)52-38-37-46)54-45(48)36-32-28-25-22-19-18-20-23-26-30-34-43-42(55-43)33-29-6-4-2/h12-13,18,20,22,25-26,30,41-43H,3-11,14-17,19,21,23-24,27-29,31-40,46H2,1-2H3,(H,49,50)/b13-12-,20-18-,25-22-,30-26-/t41-,42?,43?/m1/s1. The first-order chi connectivity index (χ1) is 27.3. The number of allylic oxidation sites excluding steroid dienone is 7. The van der Waals surface area contributed by atoms with Crippen LogP contribution in [0, 0.1) is 0 Å². The fourth-order valence-corrected chi connectivity index (χ4v) is 6.95. The van der Waals surface area contributed by atoms with E-state index in [-0.39, 0.29) is 32.6 Å². The van der Waals surface area contributed by atoms with E-state index in [1.165, 1.54) is 89.9 Å². The van der Waals surface area contributed by atoms with Crippen LogP contribution in [0.3, 0.4) is 0 Å². The van der Waals surface area contributed by atoms with E-state index in [0.29, 0.717) is 25.0 Å². The lowest BCUT2D eigenvalue weighted by molar-refractivity contribution is -0.161. The second-order valence-corrected chi connectivity index (χ2v) is 16.4. The molecule has 4 atom stereocenters. The predicted octanol–water partition coefficient (Wildman–Crippen LogP) is 11.7. The van der Waals surface area contributed by atoms with E-state index in [4.69, 9.17) is 29.0 Å². The van der Waals surface area contributed by atoms with Crippen molar-refractivity contribution < 1.29 is 42.3 Å². The number of epoxide rings is 1. The zero-order valence-electron chi connectivity index (χ0n) is 35.3. The molecule has 0 aromatic rings. The molecule has 1 rings (SSSR count). The van der Waals surface area contributed by atoms with Crippen LogP contribution in [0.4, 0.5) is 0 Å². The lowest BCUT2D eigenvalue weighted by atomic mass is 10.1. The van der Waals surface area contributed by atoms with Gasteiger partial charge in [0.05, 0.1) is 25.4 Å². The molecule has 10 nitrogen and oxygen atoms in total. The van der Waals surface area contributed by atoms with Crippen LogP contribution in [0.1, 0.15) is 181 Å². The van der Waals surface area contributed by atoms with Gasteiger partial charge in [-0.2, -0.15) is 0 Å². The Morgan fingerprint density at radius 1 is 0.643 bits per heavy atom. The van der Waals surface area contributed by atoms with E-state index in [9.17, 15) is 19.0 Å². The Morgan fingerprint density at radius 3 is 1.84 bits per heavy atom. The van der Waals surface area contributed by atoms with Crippen LogP contribution in [0.2, 0.25) is 0 Å². The number of hydrogen-bond donors (Lipinski definition) is 2. The molecule has 0 radical (unpaired) electrons. The summed E-state index contributed by atoms with van der Waals surface area (Å²) in [5, 5.41) is 0. The summed E-state index contributed by atoms with van der Waals surface area (Å²) in [6.07, 6.45) is 44.6. The number of hydrogen-bond acceptors (Lipinski definition) is 9. The number of esters is 2. The topological polar surface area (TPSA) is 147 Å². The maximum atomic E-state index is 12.6. The molecule has 0 saturated carbocycles. The van der Waals surface area contributed by atoms with Crippen LogP contribution >= 0.6 is 7.82 Å². The molecular weight excluding hydrogens is 729 g/mol. The molecule has 11 heteroatoms. The van der Waals surface area contributed by atoms with E-state index in [2.05, 4.69) is 56.4 Å². The highest BCUT2D eigenvalue weighted by Crippen LogP contribution is 2.43. The van der Waals surface area contributed by atoms with Crippen LogP contribution in [0.25, 0.3) is 0 Å². The van der Waals surface area contributed by atoms with Gasteiger partial charge in [0.1, 0.15) is 6.61 Å². The molecule has 1 aliphatic heterocycles. The van der Waals surface area contributed by atoms with Crippen molar-refractivity contribution in [3.05, 3.63) is 48.6 Å². The quantitative estimate of drug-likeness (QED) is 0.0201. The summed E-state index contributed by atoms with van der Waals surface area (Å²) in [6, 6.07) is 0. The molecule has 56 heavy (non-hydrogen) atoms. The number of nitrogens with two attached hydrogens (primary N) is 1. The summed E-state index contributed by atoms with van der Waals surface area (Å²) < 4.78 is 38.5. The monoisotopic (exact) mass is 810 g/mol. The first kappa shape index (κ1) is 51.9. The van der Waals surface area contributed by atoms with Crippen molar-refractivity contribution in [2.24, 2.45) is 5.73 Å². The predicted molar refractivity (Wildman–Crippen MR) is 228 cm³/mol. The second kappa shape index (κ2) is 37.2. The number of carbonyl (C=O) groups is 2. The van der Waals surface area contributed by atoms with E-state index in [0.717, 1.165) is 51.4 Å². The molecular formula is C45H80NO9P.